The molecule has 0 bridgehead atoms. The van der Waals surface area contributed by atoms with Crippen molar-refractivity contribution in [3.8, 4) is 11.3 Å². The second-order valence-electron chi connectivity index (χ2n) is 4.91. The number of carbonyl (C=O) groups is 1. The zero-order chi connectivity index (χ0) is 15.5. The monoisotopic (exact) mass is 295 g/mol. The summed E-state index contributed by atoms with van der Waals surface area (Å²) in [5.41, 5.74) is 2.01. The van der Waals surface area contributed by atoms with Gasteiger partial charge in [-0.15, -0.1) is 0 Å². The number of hydrogen-bond donors (Lipinski definition) is 1. The molecule has 0 saturated carbocycles. The van der Waals surface area contributed by atoms with Crippen LogP contribution in [0.4, 0.5) is 10.1 Å². The first-order chi connectivity index (χ1) is 10.6. The zero-order valence-electron chi connectivity index (χ0n) is 12.0. The van der Waals surface area contributed by atoms with Crippen molar-refractivity contribution in [2.45, 2.75) is 6.92 Å². The van der Waals surface area contributed by atoms with E-state index >= 15 is 0 Å². The molecule has 0 aliphatic heterocycles. The van der Waals surface area contributed by atoms with E-state index in [2.05, 4.69) is 5.32 Å². The first-order valence-corrected chi connectivity index (χ1v) is 6.87. The van der Waals surface area contributed by atoms with Crippen LogP contribution in [0.5, 0.6) is 0 Å². The van der Waals surface area contributed by atoms with Crippen molar-refractivity contribution < 1.29 is 13.6 Å². The number of hydrogen-bond acceptors (Lipinski definition) is 2. The summed E-state index contributed by atoms with van der Waals surface area (Å²) in [7, 11) is 0. The van der Waals surface area contributed by atoms with Crippen molar-refractivity contribution in [3.05, 3.63) is 77.8 Å². The van der Waals surface area contributed by atoms with Crippen LogP contribution >= 0.6 is 0 Å². The van der Waals surface area contributed by atoms with Crippen molar-refractivity contribution in [1.29, 1.82) is 0 Å². The summed E-state index contributed by atoms with van der Waals surface area (Å²) in [6.07, 6.45) is 0. The topological polar surface area (TPSA) is 42.2 Å². The molecule has 1 heterocycles. The molecule has 2 aromatic carbocycles. The van der Waals surface area contributed by atoms with Crippen LogP contribution in [-0.2, 0) is 0 Å². The number of furan rings is 1. The normalized spacial score (nSPS) is 10.5. The van der Waals surface area contributed by atoms with E-state index in [1.807, 2.05) is 31.2 Å². The minimum absolute atomic E-state index is 0.140. The molecule has 0 spiro atoms. The lowest BCUT2D eigenvalue weighted by molar-refractivity contribution is 0.0997. The Labute approximate surface area is 127 Å². The third kappa shape index (κ3) is 2.76. The lowest BCUT2D eigenvalue weighted by Gasteiger charge is -2.06. The second-order valence-corrected chi connectivity index (χ2v) is 4.91. The molecule has 0 aliphatic carbocycles. The van der Waals surface area contributed by atoms with Crippen LogP contribution in [0.1, 0.15) is 16.1 Å². The average Bonchev–Trinajstić information content (AvgIpc) is 3.00. The maximum absolute atomic E-state index is 13.7. The van der Waals surface area contributed by atoms with Crippen LogP contribution in [0.15, 0.2) is 65.1 Å². The Balaban J connectivity index is 1.84. The molecule has 1 aromatic heterocycles. The maximum Gasteiger partial charge on any atom is 0.291 e. The van der Waals surface area contributed by atoms with Crippen LogP contribution in [0.2, 0.25) is 0 Å². The molecule has 0 saturated heterocycles. The molecule has 0 radical (unpaired) electrons. The van der Waals surface area contributed by atoms with Gasteiger partial charge in [-0.3, -0.25) is 4.79 Å². The van der Waals surface area contributed by atoms with Gasteiger partial charge in [-0.05, 0) is 42.8 Å². The van der Waals surface area contributed by atoms with E-state index < -0.39 is 0 Å². The molecule has 1 amide bonds. The SMILES string of the molecule is Cc1ccccc1NC(=O)c1ccc(-c2ccccc2F)o1. The Bertz CT molecular complexity index is 823. The van der Waals surface area contributed by atoms with E-state index in [0.717, 1.165) is 11.3 Å². The number of carbonyl (C=O) groups excluding carboxylic acids is 1. The third-order valence-electron chi connectivity index (χ3n) is 3.36. The fourth-order valence-corrected chi connectivity index (χ4v) is 2.16. The largest absolute Gasteiger partial charge is 0.451 e. The summed E-state index contributed by atoms with van der Waals surface area (Å²) < 4.78 is 19.2. The molecule has 110 valence electrons. The van der Waals surface area contributed by atoms with Gasteiger partial charge in [-0.25, -0.2) is 4.39 Å². The van der Waals surface area contributed by atoms with Crippen LogP contribution < -0.4 is 5.32 Å². The Morgan fingerprint density at radius 2 is 1.73 bits per heavy atom. The van der Waals surface area contributed by atoms with E-state index in [9.17, 15) is 9.18 Å². The number of amides is 1. The van der Waals surface area contributed by atoms with E-state index in [-0.39, 0.29) is 17.5 Å². The van der Waals surface area contributed by atoms with Crippen molar-refractivity contribution in [1.82, 2.24) is 0 Å². The zero-order valence-corrected chi connectivity index (χ0v) is 12.0. The highest BCUT2D eigenvalue weighted by Crippen LogP contribution is 2.25. The average molecular weight is 295 g/mol. The van der Waals surface area contributed by atoms with Gasteiger partial charge < -0.3 is 9.73 Å². The summed E-state index contributed by atoms with van der Waals surface area (Å²) in [6, 6.07) is 16.9. The summed E-state index contributed by atoms with van der Waals surface area (Å²) in [5, 5.41) is 2.78. The van der Waals surface area contributed by atoms with E-state index in [1.54, 1.807) is 24.3 Å². The number of rotatable bonds is 3. The molecule has 0 aliphatic rings. The quantitative estimate of drug-likeness (QED) is 0.764. The minimum atomic E-state index is -0.386. The highest BCUT2D eigenvalue weighted by Gasteiger charge is 2.14. The Morgan fingerprint density at radius 1 is 1.00 bits per heavy atom. The Kier molecular flexibility index (Phi) is 3.74. The third-order valence-corrected chi connectivity index (χ3v) is 3.36. The lowest BCUT2D eigenvalue weighted by atomic mass is 10.1. The number of para-hydroxylation sites is 1. The molecule has 4 heteroatoms. The van der Waals surface area contributed by atoms with E-state index in [4.69, 9.17) is 4.42 Å². The molecule has 22 heavy (non-hydrogen) atoms. The van der Waals surface area contributed by atoms with Gasteiger partial charge in [-0.1, -0.05) is 30.3 Å². The van der Waals surface area contributed by atoms with Gasteiger partial charge >= 0.3 is 0 Å². The fourth-order valence-electron chi connectivity index (χ4n) is 2.16. The minimum Gasteiger partial charge on any atom is -0.451 e. The number of anilines is 1. The summed E-state index contributed by atoms with van der Waals surface area (Å²) in [4.78, 5) is 12.2. The molecular weight excluding hydrogens is 281 g/mol. The van der Waals surface area contributed by atoms with E-state index in [0.29, 0.717) is 11.3 Å². The fraction of sp³-hybridized carbons (Fsp3) is 0.0556. The molecule has 3 nitrogen and oxygen atoms in total. The smallest absolute Gasteiger partial charge is 0.291 e. The predicted octanol–water partition coefficient (Wildman–Crippen LogP) is 4.65. The van der Waals surface area contributed by atoms with Gasteiger partial charge in [0.05, 0.1) is 5.56 Å². The molecule has 3 aromatic rings. The second kappa shape index (κ2) is 5.85. The van der Waals surface area contributed by atoms with Crippen molar-refractivity contribution in [3.63, 3.8) is 0 Å². The number of halogens is 1. The van der Waals surface area contributed by atoms with Crippen LogP contribution in [-0.4, -0.2) is 5.91 Å². The van der Waals surface area contributed by atoms with Gasteiger partial charge in [0.2, 0.25) is 0 Å². The number of aryl methyl sites for hydroxylation is 1. The summed E-state index contributed by atoms with van der Waals surface area (Å²) in [6.45, 7) is 1.91. The highest BCUT2D eigenvalue weighted by atomic mass is 19.1. The summed E-state index contributed by atoms with van der Waals surface area (Å²) >= 11 is 0. The molecule has 0 atom stereocenters. The Morgan fingerprint density at radius 3 is 2.50 bits per heavy atom. The molecule has 3 rings (SSSR count). The summed E-state index contributed by atoms with van der Waals surface area (Å²) in [5.74, 6) is -0.283. The number of benzene rings is 2. The van der Waals surface area contributed by atoms with Crippen molar-refractivity contribution in [2.24, 2.45) is 0 Å². The van der Waals surface area contributed by atoms with Gasteiger partial charge in [0.1, 0.15) is 11.6 Å². The molecule has 0 fully saturated rings. The van der Waals surface area contributed by atoms with Crippen molar-refractivity contribution >= 4 is 11.6 Å². The maximum atomic E-state index is 13.7. The standard InChI is InChI=1S/C18H14FNO2/c1-12-6-2-5-9-15(12)20-18(21)17-11-10-16(22-17)13-7-3-4-8-14(13)19/h2-11H,1H3,(H,20,21). The van der Waals surface area contributed by atoms with Crippen LogP contribution in [0.25, 0.3) is 11.3 Å². The van der Waals surface area contributed by atoms with Gasteiger partial charge in [-0.2, -0.15) is 0 Å². The Hall–Kier alpha value is -2.88. The van der Waals surface area contributed by atoms with Gasteiger partial charge in [0.25, 0.3) is 5.91 Å². The molecular formula is C18H14FNO2. The number of nitrogens with one attached hydrogen (secondary N) is 1. The first-order valence-electron chi connectivity index (χ1n) is 6.87. The highest BCUT2D eigenvalue weighted by molar-refractivity contribution is 6.03. The van der Waals surface area contributed by atoms with E-state index in [1.165, 1.54) is 12.1 Å². The van der Waals surface area contributed by atoms with Crippen LogP contribution in [0.3, 0.4) is 0 Å². The van der Waals surface area contributed by atoms with Gasteiger partial charge in [0, 0.05) is 5.69 Å². The van der Waals surface area contributed by atoms with Crippen molar-refractivity contribution in [2.75, 3.05) is 5.32 Å². The lowest BCUT2D eigenvalue weighted by Crippen LogP contribution is -2.11. The first kappa shape index (κ1) is 14.1. The van der Waals surface area contributed by atoms with Gasteiger partial charge in [0.15, 0.2) is 5.76 Å². The predicted molar refractivity (Wildman–Crippen MR) is 83.2 cm³/mol. The van der Waals surface area contributed by atoms with Crippen LogP contribution in [0, 0.1) is 12.7 Å². The molecule has 1 N–H and O–H groups in total. The molecule has 0 unspecified atom stereocenters.